The Hall–Kier alpha value is -7.62. The number of para-hydroxylation sites is 5. The Morgan fingerprint density at radius 1 is 0.246 bits per heavy atom. The summed E-state index contributed by atoms with van der Waals surface area (Å²) in [6.07, 6.45) is 0. The van der Waals surface area contributed by atoms with E-state index >= 15 is 0 Å². The van der Waals surface area contributed by atoms with Crippen LogP contribution in [-0.4, -0.2) is 0 Å². The van der Waals surface area contributed by atoms with Crippen molar-refractivity contribution in [2.45, 2.75) is 0 Å². The lowest BCUT2D eigenvalue weighted by Crippen LogP contribution is -2.09. The molecule has 9 aromatic carbocycles. The fourth-order valence-corrected chi connectivity index (χ4v) is 8.26. The normalized spacial score (nSPS) is 11.5. The summed E-state index contributed by atoms with van der Waals surface area (Å²) in [7, 11) is 0. The number of hydrogen-bond donors (Lipinski definition) is 0. The molecule has 11 rings (SSSR count). The second-order valence-corrected chi connectivity index (χ2v) is 14.5. The number of fused-ring (bicyclic) bond motifs is 6. The van der Waals surface area contributed by atoms with Gasteiger partial charge in [-0.3, -0.25) is 0 Å². The first kappa shape index (κ1) is 32.8. The lowest BCUT2D eigenvalue weighted by atomic mass is 9.98. The Kier molecular flexibility index (Phi) is 7.82. The molecule has 3 nitrogen and oxygen atoms in total. The highest BCUT2D eigenvalue weighted by Crippen LogP contribution is 2.40. The zero-order chi connectivity index (χ0) is 37.7. The molecule has 0 radical (unpaired) electrons. The van der Waals surface area contributed by atoms with Crippen LogP contribution in [0.25, 0.3) is 88.4 Å². The van der Waals surface area contributed by atoms with Crippen LogP contribution in [0.4, 0.5) is 17.1 Å². The average molecular weight is 730 g/mol. The van der Waals surface area contributed by atoms with Crippen molar-refractivity contribution < 1.29 is 8.83 Å². The van der Waals surface area contributed by atoms with Crippen molar-refractivity contribution in [3.63, 3.8) is 0 Å². The summed E-state index contributed by atoms with van der Waals surface area (Å²) in [5, 5.41) is 4.57. The minimum Gasteiger partial charge on any atom is -0.455 e. The number of nitrogens with zero attached hydrogens (tertiary/aromatic N) is 1. The quantitative estimate of drug-likeness (QED) is 0.164. The minimum absolute atomic E-state index is 0.914. The summed E-state index contributed by atoms with van der Waals surface area (Å²) in [5.41, 5.74) is 16.1. The van der Waals surface area contributed by atoms with E-state index in [0.717, 1.165) is 105 Å². The number of rotatable bonds is 7. The maximum absolute atomic E-state index is 6.32. The first-order valence-corrected chi connectivity index (χ1v) is 19.3. The number of benzene rings is 9. The summed E-state index contributed by atoms with van der Waals surface area (Å²) < 4.78 is 12.6. The highest BCUT2D eigenvalue weighted by atomic mass is 16.3. The molecule has 2 heterocycles. The predicted octanol–water partition coefficient (Wildman–Crippen LogP) is 15.6. The average Bonchev–Trinajstić information content (AvgIpc) is 3.87. The molecule has 0 amide bonds. The largest absolute Gasteiger partial charge is 0.455 e. The Labute approximate surface area is 330 Å². The summed E-state index contributed by atoms with van der Waals surface area (Å²) in [4.78, 5) is 2.31. The van der Waals surface area contributed by atoms with E-state index < -0.39 is 0 Å². The zero-order valence-electron chi connectivity index (χ0n) is 31.0. The molecule has 0 aliphatic carbocycles. The van der Waals surface area contributed by atoms with Crippen molar-refractivity contribution in [3.8, 4) is 44.5 Å². The van der Waals surface area contributed by atoms with Gasteiger partial charge >= 0.3 is 0 Å². The molecule has 268 valence electrons. The van der Waals surface area contributed by atoms with Crippen LogP contribution in [0.3, 0.4) is 0 Å². The molecule has 57 heavy (non-hydrogen) atoms. The second-order valence-electron chi connectivity index (χ2n) is 14.5. The molecule has 0 fully saturated rings. The molecule has 0 aliphatic rings. The summed E-state index contributed by atoms with van der Waals surface area (Å²) >= 11 is 0. The van der Waals surface area contributed by atoms with Crippen LogP contribution in [0, 0.1) is 0 Å². The molecule has 3 heteroatoms. The first-order valence-electron chi connectivity index (χ1n) is 19.3. The minimum atomic E-state index is 0.914. The Morgan fingerprint density at radius 3 is 1.02 bits per heavy atom. The van der Waals surface area contributed by atoms with Crippen LogP contribution in [0.1, 0.15) is 0 Å². The molecule has 0 aliphatic heterocycles. The van der Waals surface area contributed by atoms with Crippen molar-refractivity contribution in [1.82, 2.24) is 0 Å². The van der Waals surface area contributed by atoms with E-state index in [9.17, 15) is 0 Å². The van der Waals surface area contributed by atoms with Crippen LogP contribution in [0.5, 0.6) is 0 Å². The molecule has 0 bridgehead atoms. The maximum Gasteiger partial charge on any atom is 0.143 e. The van der Waals surface area contributed by atoms with Gasteiger partial charge in [-0.25, -0.2) is 0 Å². The molecular weight excluding hydrogens is 695 g/mol. The summed E-state index contributed by atoms with van der Waals surface area (Å²) in [5.74, 6) is 0. The van der Waals surface area contributed by atoms with Gasteiger partial charge in [0.1, 0.15) is 22.3 Å². The van der Waals surface area contributed by atoms with Gasteiger partial charge in [0.25, 0.3) is 0 Å². The van der Waals surface area contributed by atoms with Gasteiger partial charge in [-0.2, -0.15) is 0 Å². The number of hydrogen-bond acceptors (Lipinski definition) is 3. The number of anilines is 3. The van der Waals surface area contributed by atoms with Crippen molar-refractivity contribution >= 4 is 60.9 Å². The maximum atomic E-state index is 6.32. The third kappa shape index (κ3) is 5.76. The van der Waals surface area contributed by atoms with Crippen LogP contribution in [0.2, 0.25) is 0 Å². The van der Waals surface area contributed by atoms with Crippen LogP contribution >= 0.6 is 0 Å². The van der Waals surface area contributed by atoms with Crippen molar-refractivity contribution in [3.05, 3.63) is 212 Å². The smallest absolute Gasteiger partial charge is 0.143 e. The standard InChI is InChI=1S/C54H35NO2/c1-2-10-42(11-3-1)55(43-32-28-38(29-33-43)36-20-24-40(25-21-36)45-14-8-16-49-47-12-4-6-18-51(47)56-53(45)49)44-34-30-39(31-35-44)37-22-26-41(27-23-37)46-15-9-17-50-48-13-5-7-19-52(48)57-54(46)50/h1-35H. The van der Waals surface area contributed by atoms with E-state index in [-0.39, 0.29) is 0 Å². The van der Waals surface area contributed by atoms with Crippen molar-refractivity contribution in [2.75, 3.05) is 4.90 Å². The van der Waals surface area contributed by atoms with Crippen molar-refractivity contribution in [2.24, 2.45) is 0 Å². The number of furan rings is 2. The fraction of sp³-hybridized carbons (Fsp3) is 0. The lowest BCUT2D eigenvalue weighted by molar-refractivity contribution is 0.669. The third-order valence-corrected chi connectivity index (χ3v) is 11.1. The molecular formula is C54H35NO2. The molecule has 0 atom stereocenters. The van der Waals surface area contributed by atoms with Crippen LogP contribution in [-0.2, 0) is 0 Å². The molecule has 0 unspecified atom stereocenters. The molecule has 2 aromatic heterocycles. The van der Waals surface area contributed by atoms with E-state index in [2.05, 4.69) is 193 Å². The monoisotopic (exact) mass is 729 g/mol. The lowest BCUT2D eigenvalue weighted by Gasteiger charge is -2.26. The first-order chi connectivity index (χ1) is 28.2. The van der Waals surface area contributed by atoms with E-state index in [0.29, 0.717) is 0 Å². The van der Waals surface area contributed by atoms with E-state index in [1.54, 1.807) is 0 Å². The van der Waals surface area contributed by atoms with Gasteiger partial charge in [0, 0.05) is 49.7 Å². The van der Waals surface area contributed by atoms with Crippen molar-refractivity contribution in [1.29, 1.82) is 0 Å². The molecule has 11 aromatic rings. The van der Waals surface area contributed by atoms with Gasteiger partial charge in [0.2, 0.25) is 0 Å². The van der Waals surface area contributed by atoms with Gasteiger partial charge in [-0.1, -0.05) is 164 Å². The van der Waals surface area contributed by atoms with E-state index in [1.165, 1.54) is 0 Å². The second kappa shape index (κ2) is 13.6. The molecule has 0 N–H and O–H groups in total. The molecule has 0 saturated carbocycles. The Balaban J connectivity index is 0.863. The van der Waals surface area contributed by atoms with Gasteiger partial charge in [-0.15, -0.1) is 0 Å². The highest BCUT2D eigenvalue weighted by molar-refractivity contribution is 6.10. The highest BCUT2D eigenvalue weighted by Gasteiger charge is 2.16. The third-order valence-electron chi connectivity index (χ3n) is 11.1. The topological polar surface area (TPSA) is 29.5 Å². The van der Waals surface area contributed by atoms with Gasteiger partial charge in [0.15, 0.2) is 0 Å². The Bertz CT molecular complexity index is 2990. The van der Waals surface area contributed by atoms with Crippen LogP contribution in [0.15, 0.2) is 221 Å². The summed E-state index contributed by atoms with van der Waals surface area (Å²) in [6, 6.07) is 75.0. The van der Waals surface area contributed by atoms with E-state index in [4.69, 9.17) is 8.83 Å². The fourth-order valence-electron chi connectivity index (χ4n) is 8.26. The van der Waals surface area contributed by atoms with Crippen LogP contribution < -0.4 is 4.90 Å². The zero-order valence-corrected chi connectivity index (χ0v) is 31.0. The van der Waals surface area contributed by atoms with Gasteiger partial charge < -0.3 is 13.7 Å². The molecule has 0 saturated heterocycles. The summed E-state index contributed by atoms with van der Waals surface area (Å²) in [6.45, 7) is 0. The predicted molar refractivity (Wildman–Crippen MR) is 237 cm³/mol. The van der Waals surface area contributed by atoms with E-state index in [1.807, 2.05) is 24.3 Å². The SMILES string of the molecule is c1ccc(N(c2ccc(-c3ccc(-c4cccc5c4oc4ccccc45)cc3)cc2)c2ccc(-c3ccc(-c4cccc5c4oc4ccccc45)cc3)cc2)cc1. The van der Waals surface area contributed by atoms with Gasteiger partial charge in [0.05, 0.1) is 0 Å². The van der Waals surface area contributed by atoms with Gasteiger partial charge in [-0.05, 0) is 81.9 Å². The Morgan fingerprint density at radius 2 is 0.579 bits per heavy atom. The molecule has 0 spiro atoms.